The summed E-state index contributed by atoms with van der Waals surface area (Å²) in [5.41, 5.74) is 4.13. The maximum atomic E-state index is 4.35. The van der Waals surface area contributed by atoms with Crippen LogP contribution in [0.1, 0.15) is 45.7 Å². The van der Waals surface area contributed by atoms with E-state index in [1.54, 1.807) is 0 Å². The monoisotopic (exact) mass is 229 g/mol. The van der Waals surface area contributed by atoms with Crippen molar-refractivity contribution >= 4 is 0 Å². The molecule has 1 rings (SSSR count). The van der Waals surface area contributed by atoms with E-state index in [1.807, 2.05) is 12.3 Å². The Morgan fingerprint density at radius 1 is 1.24 bits per heavy atom. The summed E-state index contributed by atoms with van der Waals surface area (Å²) < 4.78 is 0. The Morgan fingerprint density at radius 3 is 2.65 bits per heavy atom. The Balaban J connectivity index is 2.36. The second kappa shape index (κ2) is 7.83. The van der Waals surface area contributed by atoms with Crippen molar-refractivity contribution in [1.82, 2.24) is 4.98 Å². The van der Waals surface area contributed by atoms with E-state index in [4.69, 9.17) is 0 Å². The molecule has 1 nitrogen and oxygen atoms in total. The van der Waals surface area contributed by atoms with Gasteiger partial charge in [0.15, 0.2) is 0 Å². The molecule has 1 heterocycles. The molecule has 0 aliphatic carbocycles. The molecule has 92 valence electrons. The van der Waals surface area contributed by atoms with Gasteiger partial charge in [0.2, 0.25) is 0 Å². The summed E-state index contributed by atoms with van der Waals surface area (Å²) in [6.07, 6.45) is 10.9. The van der Waals surface area contributed by atoms with E-state index in [-0.39, 0.29) is 0 Å². The highest BCUT2D eigenvalue weighted by atomic mass is 14.7. The molecule has 0 radical (unpaired) electrons. The third kappa shape index (κ3) is 6.06. The Kier molecular flexibility index (Phi) is 6.31. The van der Waals surface area contributed by atoms with Gasteiger partial charge in [0.1, 0.15) is 0 Å². The Hall–Kier alpha value is -1.37. The standard InChI is InChI=1S/C16H23N/c1-4-15(9-7-8-14(2)3)11-12-16-10-5-6-13-17-16/h4-6,8,10,13H,7,9,11-12H2,1-3H3/b15-4-. The maximum Gasteiger partial charge on any atom is 0.0406 e. The molecule has 1 aromatic heterocycles. The number of nitrogens with zero attached hydrogens (tertiary/aromatic N) is 1. The van der Waals surface area contributed by atoms with Gasteiger partial charge in [0, 0.05) is 11.9 Å². The van der Waals surface area contributed by atoms with Gasteiger partial charge >= 0.3 is 0 Å². The smallest absolute Gasteiger partial charge is 0.0406 e. The van der Waals surface area contributed by atoms with Crippen LogP contribution in [0.3, 0.4) is 0 Å². The minimum absolute atomic E-state index is 1.05. The number of aryl methyl sites for hydroxylation is 1. The van der Waals surface area contributed by atoms with Crippen LogP contribution in [0.15, 0.2) is 47.7 Å². The lowest BCUT2D eigenvalue weighted by Crippen LogP contribution is -1.92. The molecule has 0 N–H and O–H groups in total. The lowest BCUT2D eigenvalue weighted by Gasteiger charge is -2.05. The summed E-state index contributed by atoms with van der Waals surface area (Å²) in [5, 5.41) is 0. The molecule has 17 heavy (non-hydrogen) atoms. The largest absolute Gasteiger partial charge is 0.261 e. The van der Waals surface area contributed by atoms with Crippen molar-refractivity contribution < 1.29 is 0 Å². The molecule has 0 amide bonds. The second-order valence-electron chi connectivity index (χ2n) is 4.59. The predicted octanol–water partition coefficient (Wildman–Crippen LogP) is 4.71. The first-order valence-corrected chi connectivity index (χ1v) is 6.39. The highest BCUT2D eigenvalue weighted by molar-refractivity contribution is 5.09. The van der Waals surface area contributed by atoms with Crippen molar-refractivity contribution in [3.63, 3.8) is 0 Å². The van der Waals surface area contributed by atoms with Gasteiger partial charge in [-0.15, -0.1) is 0 Å². The molecular weight excluding hydrogens is 206 g/mol. The van der Waals surface area contributed by atoms with Crippen LogP contribution < -0.4 is 0 Å². The lowest BCUT2D eigenvalue weighted by atomic mass is 10.0. The zero-order valence-electron chi connectivity index (χ0n) is 11.2. The molecule has 0 fully saturated rings. The minimum Gasteiger partial charge on any atom is -0.261 e. The first-order valence-electron chi connectivity index (χ1n) is 6.39. The predicted molar refractivity (Wildman–Crippen MR) is 75.0 cm³/mol. The van der Waals surface area contributed by atoms with Crippen molar-refractivity contribution in [3.05, 3.63) is 53.4 Å². The van der Waals surface area contributed by atoms with Crippen LogP contribution >= 0.6 is 0 Å². The Labute approximate surface area is 105 Å². The molecule has 0 aliphatic heterocycles. The van der Waals surface area contributed by atoms with Crippen LogP contribution in [0.5, 0.6) is 0 Å². The molecule has 1 aromatic rings. The average molecular weight is 229 g/mol. The SMILES string of the molecule is C/C=C(/CCC=C(C)C)CCc1ccccn1. The lowest BCUT2D eigenvalue weighted by molar-refractivity contribution is 0.826. The summed E-state index contributed by atoms with van der Waals surface area (Å²) in [5.74, 6) is 0. The number of hydrogen-bond donors (Lipinski definition) is 0. The summed E-state index contributed by atoms with van der Waals surface area (Å²) >= 11 is 0. The van der Waals surface area contributed by atoms with Crippen LogP contribution in [0.25, 0.3) is 0 Å². The molecule has 0 saturated heterocycles. The van der Waals surface area contributed by atoms with E-state index < -0.39 is 0 Å². The van der Waals surface area contributed by atoms with Crippen molar-refractivity contribution in [2.75, 3.05) is 0 Å². The third-order valence-corrected chi connectivity index (χ3v) is 2.85. The quantitative estimate of drug-likeness (QED) is 0.644. The highest BCUT2D eigenvalue weighted by Crippen LogP contribution is 2.14. The van der Waals surface area contributed by atoms with Crippen molar-refractivity contribution in [2.45, 2.75) is 46.5 Å². The van der Waals surface area contributed by atoms with E-state index in [0.717, 1.165) is 19.3 Å². The van der Waals surface area contributed by atoms with Crippen LogP contribution in [0, 0.1) is 0 Å². The fourth-order valence-electron chi connectivity index (χ4n) is 1.79. The van der Waals surface area contributed by atoms with Gasteiger partial charge in [-0.2, -0.15) is 0 Å². The second-order valence-corrected chi connectivity index (χ2v) is 4.59. The minimum atomic E-state index is 1.05. The number of hydrogen-bond acceptors (Lipinski definition) is 1. The summed E-state index contributed by atoms with van der Waals surface area (Å²) in [4.78, 5) is 4.35. The first kappa shape index (κ1) is 13.7. The Bertz CT molecular complexity index is 370. The van der Waals surface area contributed by atoms with Gasteiger partial charge in [0.05, 0.1) is 0 Å². The molecular formula is C16H23N. The van der Waals surface area contributed by atoms with Gasteiger partial charge in [-0.3, -0.25) is 4.98 Å². The summed E-state index contributed by atoms with van der Waals surface area (Å²) in [7, 11) is 0. The number of pyridine rings is 1. The zero-order chi connectivity index (χ0) is 12.5. The zero-order valence-corrected chi connectivity index (χ0v) is 11.2. The molecule has 0 atom stereocenters. The summed E-state index contributed by atoms with van der Waals surface area (Å²) in [6.45, 7) is 6.45. The maximum absolute atomic E-state index is 4.35. The molecule has 0 spiro atoms. The topological polar surface area (TPSA) is 12.9 Å². The van der Waals surface area contributed by atoms with E-state index in [2.05, 4.69) is 50.0 Å². The molecule has 0 bridgehead atoms. The van der Waals surface area contributed by atoms with Crippen molar-refractivity contribution in [3.8, 4) is 0 Å². The molecule has 0 saturated carbocycles. The van der Waals surface area contributed by atoms with E-state index in [0.29, 0.717) is 0 Å². The first-order chi connectivity index (χ1) is 8.22. The third-order valence-electron chi connectivity index (χ3n) is 2.85. The fraction of sp³-hybridized carbons (Fsp3) is 0.438. The highest BCUT2D eigenvalue weighted by Gasteiger charge is 1.98. The molecule has 0 aromatic carbocycles. The van der Waals surface area contributed by atoms with Crippen molar-refractivity contribution in [1.29, 1.82) is 0 Å². The van der Waals surface area contributed by atoms with E-state index >= 15 is 0 Å². The van der Waals surface area contributed by atoms with E-state index in [1.165, 1.54) is 23.3 Å². The number of rotatable bonds is 6. The molecule has 0 unspecified atom stereocenters. The van der Waals surface area contributed by atoms with Gasteiger partial charge in [0.25, 0.3) is 0 Å². The average Bonchev–Trinajstić information content (AvgIpc) is 2.34. The number of aromatic nitrogens is 1. The van der Waals surface area contributed by atoms with Crippen LogP contribution in [-0.4, -0.2) is 4.98 Å². The number of allylic oxidation sites excluding steroid dienone is 4. The van der Waals surface area contributed by atoms with E-state index in [9.17, 15) is 0 Å². The molecule has 1 heteroatoms. The van der Waals surface area contributed by atoms with Gasteiger partial charge < -0.3 is 0 Å². The summed E-state index contributed by atoms with van der Waals surface area (Å²) in [6, 6.07) is 6.12. The van der Waals surface area contributed by atoms with Crippen LogP contribution in [0.4, 0.5) is 0 Å². The van der Waals surface area contributed by atoms with Crippen molar-refractivity contribution in [2.24, 2.45) is 0 Å². The van der Waals surface area contributed by atoms with Gasteiger partial charge in [-0.25, -0.2) is 0 Å². The normalized spacial score (nSPS) is 11.4. The van der Waals surface area contributed by atoms with Gasteiger partial charge in [-0.05, 0) is 58.6 Å². The Morgan fingerprint density at radius 2 is 2.06 bits per heavy atom. The molecule has 0 aliphatic rings. The van der Waals surface area contributed by atoms with Gasteiger partial charge in [-0.1, -0.05) is 29.4 Å². The fourth-order valence-corrected chi connectivity index (χ4v) is 1.79. The van der Waals surface area contributed by atoms with Crippen LogP contribution in [0.2, 0.25) is 0 Å². The van der Waals surface area contributed by atoms with Crippen LogP contribution in [-0.2, 0) is 6.42 Å².